The van der Waals surface area contributed by atoms with Gasteiger partial charge in [0.05, 0.1) is 6.61 Å². The summed E-state index contributed by atoms with van der Waals surface area (Å²) in [6, 6.07) is 9.86. The fourth-order valence-corrected chi connectivity index (χ4v) is 1.31. The van der Waals surface area contributed by atoms with E-state index in [4.69, 9.17) is 16.3 Å². The smallest absolute Gasteiger partial charge is 0.119 e. The number of rotatable bonds is 7. The van der Waals surface area contributed by atoms with Crippen LogP contribution in [0.1, 0.15) is 13.3 Å². The highest BCUT2D eigenvalue weighted by Gasteiger charge is 1.92. The summed E-state index contributed by atoms with van der Waals surface area (Å²) in [5, 5.41) is 3.29. The number of hydrogen-bond acceptors (Lipinski definition) is 2. The Morgan fingerprint density at radius 2 is 2.12 bits per heavy atom. The van der Waals surface area contributed by atoms with E-state index < -0.39 is 0 Å². The van der Waals surface area contributed by atoms with Gasteiger partial charge in [-0.2, -0.15) is 0 Å². The van der Waals surface area contributed by atoms with E-state index in [2.05, 4.69) is 5.32 Å². The van der Waals surface area contributed by atoms with Gasteiger partial charge in [0.2, 0.25) is 0 Å². The standard InChI is InChI=1S/C13H18ClNO/c1-12(10-14)11-15-8-5-9-16-13-6-3-2-4-7-13/h2-4,6-7,10,15H,5,8-9,11H2,1H3/b12-10-. The molecule has 0 aromatic heterocycles. The highest BCUT2D eigenvalue weighted by Crippen LogP contribution is 2.07. The van der Waals surface area contributed by atoms with E-state index in [1.54, 1.807) is 5.54 Å². The Labute approximate surface area is 102 Å². The molecule has 1 rings (SSSR count). The number of halogens is 1. The van der Waals surface area contributed by atoms with Crippen molar-refractivity contribution in [1.82, 2.24) is 5.32 Å². The van der Waals surface area contributed by atoms with E-state index >= 15 is 0 Å². The fourth-order valence-electron chi connectivity index (χ4n) is 1.23. The highest BCUT2D eigenvalue weighted by atomic mass is 35.5. The third-order valence-corrected chi connectivity index (χ3v) is 2.47. The van der Waals surface area contributed by atoms with Crippen molar-refractivity contribution in [3.05, 3.63) is 41.4 Å². The molecule has 88 valence electrons. The Kier molecular flexibility index (Phi) is 6.70. The molecule has 0 amide bonds. The van der Waals surface area contributed by atoms with Gasteiger partial charge in [0.1, 0.15) is 5.75 Å². The minimum atomic E-state index is 0.737. The summed E-state index contributed by atoms with van der Waals surface area (Å²) >= 11 is 5.55. The minimum absolute atomic E-state index is 0.737. The maximum absolute atomic E-state index is 5.56. The average Bonchev–Trinajstić information content (AvgIpc) is 2.34. The van der Waals surface area contributed by atoms with Gasteiger partial charge in [-0.25, -0.2) is 0 Å². The molecule has 0 spiro atoms. The molecule has 0 radical (unpaired) electrons. The SMILES string of the molecule is C/C(=C/Cl)CNCCCOc1ccccc1. The number of nitrogens with one attached hydrogen (secondary N) is 1. The summed E-state index contributed by atoms with van der Waals surface area (Å²) in [5.41, 5.74) is 2.75. The van der Waals surface area contributed by atoms with Crippen molar-refractivity contribution in [1.29, 1.82) is 0 Å². The lowest BCUT2D eigenvalue weighted by Crippen LogP contribution is -2.19. The van der Waals surface area contributed by atoms with Crippen LogP contribution < -0.4 is 10.1 Å². The summed E-state index contributed by atoms with van der Waals surface area (Å²) in [5.74, 6) is 0.930. The van der Waals surface area contributed by atoms with Crippen LogP contribution in [-0.2, 0) is 0 Å². The molecular weight excluding hydrogens is 222 g/mol. The van der Waals surface area contributed by atoms with Crippen LogP contribution in [0.25, 0.3) is 0 Å². The van der Waals surface area contributed by atoms with Crippen molar-refractivity contribution in [2.75, 3.05) is 19.7 Å². The molecule has 0 aliphatic rings. The molecular formula is C13H18ClNO. The molecule has 0 fully saturated rings. The fraction of sp³-hybridized carbons (Fsp3) is 0.385. The molecule has 1 aromatic rings. The van der Waals surface area contributed by atoms with Gasteiger partial charge in [-0.15, -0.1) is 0 Å². The molecule has 0 saturated carbocycles. The Morgan fingerprint density at radius 1 is 1.38 bits per heavy atom. The van der Waals surface area contributed by atoms with E-state index in [0.717, 1.165) is 37.4 Å². The van der Waals surface area contributed by atoms with Crippen LogP contribution in [0.15, 0.2) is 41.4 Å². The van der Waals surface area contributed by atoms with Crippen LogP contribution in [0, 0.1) is 0 Å². The van der Waals surface area contributed by atoms with E-state index in [1.165, 1.54) is 0 Å². The molecule has 2 nitrogen and oxygen atoms in total. The second-order valence-corrected chi connectivity index (χ2v) is 3.87. The first kappa shape index (κ1) is 13.1. The molecule has 1 N–H and O–H groups in total. The Bertz CT molecular complexity index is 311. The van der Waals surface area contributed by atoms with Gasteiger partial charge < -0.3 is 10.1 Å². The number of hydrogen-bond donors (Lipinski definition) is 1. The third-order valence-electron chi connectivity index (χ3n) is 2.10. The summed E-state index contributed by atoms with van der Waals surface area (Å²) in [6.45, 7) is 4.52. The second-order valence-electron chi connectivity index (χ2n) is 3.65. The molecule has 0 heterocycles. The third kappa shape index (κ3) is 5.79. The van der Waals surface area contributed by atoms with Crippen molar-refractivity contribution in [2.45, 2.75) is 13.3 Å². The topological polar surface area (TPSA) is 21.3 Å². The molecule has 0 bridgehead atoms. The zero-order valence-corrected chi connectivity index (χ0v) is 10.3. The van der Waals surface area contributed by atoms with Gasteiger partial charge >= 0.3 is 0 Å². The molecule has 0 aliphatic carbocycles. The lowest BCUT2D eigenvalue weighted by atomic mass is 10.3. The predicted molar refractivity (Wildman–Crippen MR) is 69.0 cm³/mol. The van der Waals surface area contributed by atoms with Gasteiger partial charge in [-0.3, -0.25) is 0 Å². The molecule has 16 heavy (non-hydrogen) atoms. The molecule has 3 heteroatoms. The van der Waals surface area contributed by atoms with Crippen molar-refractivity contribution in [3.8, 4) is 5.75 Å². The van der Waals surface area contributed by atoms with Crippen molar-refractivity contribution in [3.63, 3.8) is 0 Å². The summed E-state index contributed by atoms with van der Waals surface area (Å²) < 4.78 is 5.56. The van der Waals surface area contributed by atoms with Crippen LogP contribution in [0.4, 0.5) is 0 Å². The first-order valence-corrected chi connectivity index (χ1v) is 5.91. The lowest BCUT2D eigenvalue weighted by Gasteiger charge is -2.06. The molecule has 0 unspecified atom stereocenters. The maximum atomic E-state index is 5.56. The number of ether oxygens (including phenoxy) is 1. The lowest BCUT2D eigenvalue weighted by molar-refractivity contribution is 0.309. The van der Waals surface area contributed by atoms with Crippen LogP contribution in [0.3, 0.4) is 0 Å². The van der Waals surface area contributed by atoms with Crippen molar-refractivity contribution < 1.29 is 4.74 Å². The predicted octanol–water partition coefficient (Wildman–Crippen LogP) is 3.19. The number of benzene rings is 1. The Balaban J connectivity index is 2.01. The van der Waals surface area contributed by atoms with Crippen LogP contribution in [0.2, 0.25) is 0 Å². The number of para-hydroxylation sites is 1. The molecule has 0 aliphatic heterocycles. The largest absolute Gasteiger partial charge is 0.494 e. The minimum Gasteiger partial charge on any atom is -0.494 e. The summed E-state index contributed by atoms with van der Waals surface area (Å²) in [4.78, 5) is 0. The molecule has 0 saturated heterocycles. The van der Waals surface area contributed by atoms with Gasteiger partial charge in [0, 0.05) is 12.1 Å². The van der Waals surface area contributed by atoms with Crippen LogP contribution in [0.5, 0.6) is 5.75 Å². The molecule has 1 aromatic carbocycles. The van der Waals surface area contributed by atoms with E-state index in [9.17, 15) is 0 Å². The van der Waals surface area contributed by atoms with Crippen LogP contribution >= 0.6 is 11.6 Å². The van der Waals surface area contributed by atoms with Crippen LogP contribution in [-0.4, -0.2) is 19.7 Å². The average molecular weight is 240 g/mol. The summed E-state index contributed by atoms with van der Waals surface area (Å²) in [6.07, 6.45) is 0.991. The van der Waals surface area contributed by atoms with E-state index in [1.807, 2.05) is 37.3 Å². The first-order valence-electron chi connectivity index (χ1n) is 5.47. The van der Waals surface area contributed by atoms with Gasteiger partial charge in [-0.1, -0.05) is 29.8 Å². The quantitative estimate of drug-likeness (QED) is 0.738. The zero-order valence-electron chi connectivity index (χ0n) is 9.58. The van der Waals surface area contributed by atoms with Gasteiger partial charge in [0.15, 0.2) is 0 Å². The monoisotopic (exact) mass is 239 g/mol. The van der Waals surface area contributed by atoms with Gasteiger partial charge in [-0.05, 0) is 37.6 Å². The first-order chi connectivity index (χ1) is 7.83. The molecule has 0 atom stereocenters. The highest BCUT2D eigenvalue weighted by molar-refractivity contribution is 6.25. The normalized spacial score (nSPS) is 11.5. The van der Waals surface area contributed by atoms with Crippen molar-refractivity contribution in [2.24, 2.45) is 0 Å². The maximum Gasteiger partial charge on any atom is 0.119 e. The Hall–Kier alpha value is -0.990. The zero-order chi connectivity index (χ0) is 11.6. The summed E-state index contributed by atoms with van der Waals surface area (Å²) in [7, 11) is 0. The van der Waals surface area contributed by atoms with Crippen molar-refractivity contribution >= 4 is 11.6 Å². The van der Waals surface area contributed by atoms with E-state index in [-0.39, 0.29) is 0 Å². The Morgan fingerprint density at radius 3 is 2.81 bits per heavy atom. The second kappa shape index (κ2) is 8.20. The van der Waals surface area contributed by atoms with E-state index in [0.29, 0.717) is 0 Å². The van der Waals surface area contributed by atoms with Gasteiger partial charge in [0.25, 0.3) is 0 Å².